The van der Waals surface area contributed by atoms with Gasteiger partial charge < -0.3 is 10.1 Å². The fourth-order valence-electron chi connectivity index (χ4n) is 2.52. The summed E-state index contributed by atoms with van der Waals surface area (Å²) in [6.07, 6.45) is 0. The van der Waals surface area contributed by atoms with Gasteiger partial charge in [-0.05, 0) is 38.1 Å². The van der Waals surface area contributed by atoms with E-state index >= 15 is 0 Å². The standard InChI is InChI=1S/C20H19N3O3/c1-13-19(14(2)23-22-13)21-18(24)12-26-17-10-8-16(9-11-17)20(25)15-6-4-3-5-7-15/h3-11H,12H2,1-2H3,(H,21,24)(H,22,23). The highest BCUT2D eigenvalue weighted by atomic mass is 16.5. The molecule has 0 aliphatic carbocycles. The number of H-pyrrole nitrogens is 1. The molecule has 0 aliphatic heterocycles. The number of aromatic nitrogens is 2. The van der Waals surface area contributed by atoms with Crippen molar-refractivity contribution < 1.29 is 14.3 Å². The molecule has 0 bridgehead atoms. The summed E-state index contributed by atoms with van der Waals surface area (Å²) < 4.78 is 5.48. The van der Waals surface area contributed by atoms with E-state index in [4.69, 9.17) is 4.74 Å². The molecule has 0 radical (unpaired) electrons. The minimum Gasteiger partial charge on any atom is -0.484 e. The number of amides is 1. The van der Waals surface area contributed by atoms with Crippen molar-refractivity contribution in [2.24, 2.45) is 0 Å². The van der Waals surface area contributed by atoms with E-state index in [0.29, 0.717) is 22.6 Å². The van der Waals surface area contributed by atoms with E-state index < -0.39 is 0 Å². The zero-order valence-electron chi connectivity index (χ0n) is 14.6. The topological polar surface area (TPSA) is 84.1 Å². The second-order valence-corrected chi connectivity index (χ2v) is 5.87. The summed E-state index contributed by atoms with van der Waals surface area (Å²) in [5.74, 6) is 0.188. The molecule has 6 heteroatoms. The van der Waals surface area contributed by atoms with Crippen LogP contribution in [0, 0.1) is 13.8 Å². The first-order valence-corrected chi connectivity index (χ1v) is 8.18. The molecule has 0 fully saturated rings. The molecule has 132 valence electrons. The highest BCUT2D eigenvalue weighted by Gasteiger charge is 2.11. The van der Waals surface area contributed by atoms with Crippen LogP contribution in [0.2, 0.25) is 0 Å². The van der Waals surface area contributed by atoms with Crippen LogP contribution >= 0.6 is 0 Å². The fourth-order valence-corrected chi connectivity index (χ4v) is 2.52. The molecule has 0 saturated heterocycles. The Morgan fingerprint density at radius 2 is 1.65 bits per heavy atom. The average Bonchev–Trinajstić information content (AvgIpc) is 2.99. The van der Waals surface area contributed by atoms with E-state index in [0.717, 1.165) is 11.4 Å². The van der Waals surface area contributed by atoms with E-state index in [9.17, 15) is 9.59 Å². The Bertz CT molecular complexity index is 896. The Morgan fingerprint density at radius 3 is 2.27 bits per heavy atom. The second kappa shape index (κ2) is 7.65. The lowest BCUT2D eigenvalue weighted by molar-refractivity contribution is -0.118. The van der Waals surface area contributed by atoms with Crippen LogP contribution in [-0.4, -0.2) is 28.5 Å². The highest BCUT2D eigenvalue weighted by Crippen LogP contribution is 2.17. The minimum atomic E-state index is -0.276. The van der Waals surface area contributed by atoms with Gasteiger partial charge in [0.25, 0.3) is 5.91 Å². The highest BCUT2D eigenvalue weighted by molar-refractivity contribution is 6.09. The van der Waals surface area contributed by atoms with E-state index in [-0.39, 0.29) is 18.3 Å². The number of ketones is 1. The maximum absolute atomic E-state index is 12.4. The van der Waals surface area contributed by atoms with Crippen molar-refractivity contribution in [2.45, 2.75) is 13.8 Å². The van der Waals surface area contributed by atoms with Gasteiger partial charge in [0, 0.05) is 11.1 Å². The molecule has 1 amide bonds. The average molecular weight is 349 g/mol. The first-order valence-electron chi connectivity index (χ1n) is 8.18. The van der Waals surface area contributed by atoms with Crippen molar-refractivity contribution in [3.05, 3.63) is 77.1 Å². The Balaban J connectivity index is 1.58. The molecule has 6 nitrogen and oxygen atoms in total. The van der Waals surface area contributed by atoms with Gasteiger partial charge in [0.1, 0.15) is 5.75 Å². The lowest BCUT2D eigenvalue weighted by Gasteiger charge is -2.08. The largest absolute Gasteiger partial charge is 0.484 e. The summed E-state index contributed by atoms with van der Waals surface area (Å²) in [4.78, 5) is 24.4. The molecule has 2 aromatic carbocycles. The third-order valence-corrected chi connectivity index (χ3v) is 3.91. The summed E-state index contributed by atoms with van der Waals surface area (Å²) in [5.41, 5.74) is 3.38. The zero-order valence-corrected chi connectivity index (χ0v) is 14.6. The number of aryl methyl sites for hydroxylation is 2. The van der Waals surface area contributed by atoms with Gasteiger partial charge in [0.2, 0.25) is 0 Å². The Labute approximate surface area is 151 Å². The monoisotopic (exact) mass is 349 g/mol. The Morgan fingerprint density at radius 1 is 1.00 bits per heavy atom. The molecule has 0 spiro atoms. The van der Waals surface area contributed by atoms with Gasteiger partial charge in [-0.25, -0.2) is 0 Å². The van der Waals surface area contributed by atoms with Crippen molar-refractivity contribution in [2.75, 3.05) is 11.9 Å². The van der Waals surface area contributed by atoms with Crippen molar-refractivity contribution >= 4 is 17.4 Å². The lowest BCUT2D eigenvalue weighted by Crippen LogP contribution is -2.20. The quantitative estimate of drug-likeness (QED) is 0.669. The van der Waals surface area contributed by atoms with Crippen LogP contribution in [0.3, 0.4) is 0 Å². The smallest absolute Gasteiger partial charge is 0.262 e. The first kappa shape index (κ1) is 17.4. The number of carbonyl (C=O) groups excluding carboxylic acids is 2. The third kappa shape index (κ3) is 3.97. The summed E-state index contributed by atoms with van der Waals surface area (Å²) in [6, 6.07) is 15.8. The summed E-state index contributed by atoms with van der Waals surface area (Å²) >= 11 is 0. The van der Waals surface area contributed by atoms with Gasteiger partial charge >= 0.3 is 0 Å². The molecule has 1 aromatic heterocycles. The lowest BCUT2D eigenvalue weighted by atomic mass is 10.0. The molecular weight excluding hydrogens is 330 g/mol. The van der Waals surface area contributed by atoms with Crippen molar-refractivity contribution in [3.8, 4) is 5.75 Å². The van der Waals surface area contributed by atoms with Gasteiger partial charge in [0.15, 0.2) is 12.4 Å². The predicted octanol–water partition coefficient (Wildman–Crippen LogP) is 3.28. The molecule has 26 heavy (non-hydrogen) atoms. The van der Waals surface area contributed by atoms with Gasteiger partial charge in [-0.2, -0.15) is 5.10 Å². The number of carbonyl (C=O) groups is 2. The molecule has 2 N–H and O–H groups in total. The Kier molecular flexibility index (Phi) is 5.12. The van der Waals surface area contributed by atoms with Crippen LogP contribution in [-0.2, 0) is 4.79 Å². The summed E-state index contributed by atoms with van der Waals surface area (Å²) in [7, 11) is 0. The maximum Gasteiger partial charge on any atom is 0.262 e. The van der Waals surface area contributed by atoms with E-state index in [1.807, 2.05) is 32.0 Å². The van der Waals surface area contributed by atoms with Gasteiger partial charge in [0.05, 0.1) is 17.1 Å². The number of nitrogens with one attached hydrogen (secondary N) is 2. The molecular formula is C20H19N3O3. The van der Waals surface area contributed by atoms with E-state index in [1.165, 1.54) is 0 Å². The molecule has 3 aromatic rings. The number of benzene rings is 2. The van der Waals surface area contributed by atoms with Crippen LogP contribution < -0.4 is 10.1 Å². The summed E-state index contributed by atoms with van der Waals surface area (Å²) in [6.45, 7) is 3.51. The predicted molar refractivity (Wildman–Crippen MR) is 98.5 cm³/mol. The molecule has 0 aliphatic rings. The van der Waals surface area contributed by atoms with Gasteiger partial charge in [-0.3, -0.25) is 14.7 Å². The third-order valence-electron chi connectivity index (χ3n) is 3.91. The number of aromatic amines is 1. The van der Waals surface area contributed by atoms with Crippen LogP contribution in [0.15, 0.2) is 54.6 Å². The molecule has 1 heterocycles. The van der Waals surface area contributed by atoms with E-state index in [2.05, 4.69) is 15.5 Å². The SMILES string of the molecule is Cc1n[nH]c(C)c1NC(=O)COc1ccc(C(=O)c2ccccc2)cc1. The number of hydrogen-bond acceptors (Lipinski definition) is 4. The van der Waals surface area contributed by atoms with Crippen molar-refractivity contribution in [3.63, 3.8) is 0 Å². The number of hydrogen-bond donors (Lipinski definition) is 2. The van der Waals surface area contributed by atoms with Crippen LogP contribution in [0.5, 0.6) is 5.75 Å². The minimum absolute atomic E-state index is 0.0548. The van der Waals surface area contributed by atoms with Gasteiger partial charge in [-0.15, -0.1) is 0 Å². The van der Waals surface area contributed by atoms with E-state index in [1.54, 1.807) is 36.4 Å². The fraction of sp³-hybridized carbons (Fsp3) is 0.150. The Hall–Kier alpha value is -3.41. The normalized spacial score (nSPS) is 10.4. The number of anilines is 1. The molecule has 0 unspecified atom stereocenters. The zero-order chi connectivity index (χ0) is 18.5. The first-order chi connectivity index (χ1) is 12.5. The van der Waals surface area contributed by atoms with Crippen molar-refractivity contribution in [1.82, 2.24) is 10.2 Å². The maximum atomic E-state index is 12.4. The van der Waals surface area contributed by atoms with Crippen LogP contribution in [0.25, 0.3) is 0 Å². The van der Waals surface area contributed by atoms with Crippen LogP contribution in [0.4, 0.5) is 5.69 Å². The summed E-state index contributed by atoms with van der Waals surface area (Å²) in [5, 5.41) is 9.60. The van der Waals surface area contributed by atoms with Crippen molar-refractivity contribution in [1.29, 1.82) is 0 Å². The number of ether oxygens (including phenoxy) is 1. The molecule has 3 rings (SSSR count). The van der Waals surface area contributed by atoms with Crippen LogP contribution in [0.1, 0.15) is 27.3 Å². The molecule has 0 saturated carbocycles. The second-order valence-electron chi connectivity index (χ2n) is 5.87. The number of nitrogens with zero attached hydrogens (tertiary/aromatic N) is 1. The molecule has 0 atom stereocenters. The van der Waals surface area contributed by atoms with Gasteiger partial charge in [-0.1, -0.05) is 30.3 Å². The number of rotatable bonds is 6.